The van der Waals surface area contributed by atoms with Gasteiger partial charge in [-0.3, -0.25) is 9.69 Å². The molecule has 1 aromatic heterocycles. The SMILES string of the molecule is CC(C)c1ncc(CN2CCC([C@H]3CC=CCN(CCc4ccccc4)C3=O)CC2)cn1. The van der Waals surface area contributed by atoms with Gasteiger partial charge in [0.25, 0.3) is 0 Å². The van der Waals surface area contributed by atoms with Gasteiger partial charge >= 0.3 is 0 Å². The minimum absolute atomic E-state index is 0.125. The summed E-state index contributed by atoms with van der Waals surface area (Å²) in [6.07, 6.45) is 12.3. The lowest BCUT2D eigenvalue weighted by Gasteiger charge is -2.36. The first-order valence-corrected chi connectivity index (χ1v) is 12.1. The average molecular weight is 433 g/mol. The zero-order valence-corrected chi connectivity index (χ0v) is 19.5. The Labute approximate surface area is 192 Å². The number of aromatic nitrogens is 2. The second-order valence-electron chi connectivity index (χ2n) is 9.55. The normalized spacial score (nSPS) is 20.7. The highest BCUT2D eigenvalue weighted by Gasteiger charge is 2.34. The quantitative estimate of drug-likeness (QED) is 0.606. The molecular formula is C27H36N4O. The lowest BCUT2D eigenvalue weighted by Crippen LogP contribution is -2.43. The molecule has 3 heterocycles. The van der Waals surface area contributed by atoms with Gasteiger partial charge in [0.05, 0.1) is 0 Å². The average Bonchev–Trinajstić information content (AvgIpc) is 3.00. The Morgan fingerprint density at radius 3 is 2.41 bits per heavy atom. The summed E-state index contributed by atoms with van der Waals surface area (Å²) < 4.78 is 0. The minimum Gasteiger partial charge on any atom is -0.338 e. The van der Waals surface area contributed by atoms with Crippen molar-refractivity contribution in [1.82, 2.24) is 19.8 Å². The summed E-state index contributed by atoms with van der Waals surface area (Å²) in [6.45, 7) is 8.75. The summed E-state index contributed by atoms with van der Waals surface area (Å²) in [4.78, 5) is 26.9. The summed E-state index contributed by atoms with van der Waals surface area (Å²) in [5, 5.41) is 0. The maximum Gasteiger partial charge on any atom is 0.226 e. The van der Waals surface area contributed by atoms with Gasteiger partial charge in [0.1, 0.15) is 5.82 Å². The van der Waals surface area contributed by atoms with Gasteiger partial charge in [-0.15, -0.1) is 0 Å². The molecule has 1 amide bonds. The van der Waals surface area contributed by atoms with E-state index in [0.29, 0.717) is 17.7 Å². The molecule has 1 saturated heterocycles. The molecule has 170 valence electrons. The van der Waals surface area contributed by atoms with Crippen LogP contribution in [0.2, 0.25) is 0 Å². The van der Waals surface area contributed by atoms with E-state index >= 15 is 0 Å². The van der Waals surface area contributed by atoms with Gasteiger partial charge in [-0.1, -0.05) is 56.3 Å². The van der Waals surface area contributed by atoms with E-state index in [1.165, 1.54) is 11.1 Å². The summed E-state index contributed by atoms with van der Waals surface area (Å²) in [5.41, 5.74) is 2.47. The molecule has 4 rings (SSSR count). The van der Waals surface area contributed by atoms with Crippen LogP contribution in [0.4, 0.5) is 0 Å². The van der Waals surface area contributed by atoms with Gasteiger partial charge < -0.3 is 4.90 Å². The molecule has 0 spiro atoms. The van der Waals surface area contributed by atoms with Crippen LogP contribution in [0.1, 0.15) is 56.0 Å². The Kier molecular flexibility index (Phi) is 7.69. The van der Waals surface area contributed by atoms with E-state index in [4.69, 9.17) is 0 Å². The van der Waals surface area contributed by atoms with Gasteiger partial charge in [0.15, 0.2) is 0 Å². The Bertz CT molecular complexity index is 886. The zero-order valence-electron chi connectivity index (χ0n) is 19.5. The van der Waals surface area contributed by atoms with Crippen LogP contribution in [0.5, 0.6) is 0 Å². The molecule has 2 aliphatic heterocycles. The first-order chi connectivity index (χ1) is 15.6. The molecule has 5 heteroatoms. The molecule has 2 aliphatic rings. The van der Waals surface area contributed by atoms with E-state index in [9.17, 15) is 4.79 Å². The van der Waals surface area contributed by atoms with Gasteiger partial charge in [-0.25, -0.2) is 9.97 Å². The maximum atomic E-state index is 13.4. The third kappa shape index (κ3) is 5.83. The fourth-order valence-electron chi connectivity index (χ4n) is 4.89. The van der Waals surface area contributed by atoms with E-state index in [-0.39, 0.29) is 5.92 Å². The van der Waals surface area contributed by atoms with Gasteiger partial charge in [-0.2, -0.15) is 0 Å². The van der Waals surface area contributed by atoms with Crippen molar-refractivity contribution < 1.29 is 4.79 Å². The number of rotatable bonds is 7. The lowest BCUT2D eigenvalue weighted by molar-refractivity contribution is -0.137. The Balaban J connectivity index is 1.29. The van der Waals surface area contributed by atoms with Crippen LogP contribution in [-0.2, 0) is 17.8 Å². The smallest absolute Gasteiger partial charge is 0.226 e. The van der Waals surface area contributed by atoms with Crippen molar-refractivity contribution in [2.75, 3.05) is 26.2 Å². The summed E-state index contributed by atoms with van der Waals surface area (Å²) in [5.74, 6) is 2.21. The van der Waals surface area contributed by atoms with E-state index in [2.05, 4.69) is 70.0 Å². The molecule has 5 nitrogen and oxygen atoms in total. The fourth-order valence-corrected chi connectivity index (χ4v) is 4.89. The topological polar surface area (TPSA) is 49.3 Å². The highest BCUT2D eigenvalue weighted by atomic mass is 16.2. The van der Waals surface area contributed by atoms with Gasteiger partial charge in [0, 0.05) is 49.4 Å². The summed E-state index contributed by atoms with van der Waals surface area (Å²) in [6, 6.07) is 10.5. The standard InChI is InChI=1S/C27H36N4O/c1-21(2)26-28-18-23(19-29-26)20-30-15-12-24(13-16-30)25-10-6-7-14-31(27(25)32)17-11-22-8-4-3-5-9-22/h3-9,18-19,21,24-25H,10-17,20H2,1-2H3/t25-/m1/s1. The Hall–Kier alpha value is -2.53. The predicted molar refractivity (Wildman–Crippen MR) is 128 cm³/mol. The number of hydrogen-bond acceptors (Lipinski definition) is 4. The van der Waals surface area contributed by atoms with E-state index in [1.807, 2.05) is 18.5 Å². The summed E-state index contributed by atoms with van der Waals surface area (Å²) >= 11 is 0. The number of hydrogen-bond donors (Lipinski definition) is 0. The van der Waals surface area contributed by atoms with Gasteiger partial charge in [0.2, 0.25) is 5.91 Å². The van der Waals surface area contributed by atoms with Crippen LogP contribution in [0.3, 0.4) is 0 Å². The number of carbonyl (C=O) groups excluding carboxylic acids is 1. The molecule has 0 aliphatic carbocycles. The summed E-state index contributed by atoms with van der Waals surface area (Å²) in [7, 11) is 0. The molecule has 0 bridgehead atoms. The van der Waals surface area contributed by atoms with Crippen molar-refractivity contribution in [2.24, 2.45) is 11.8 Å². The number of benzene rings is 1. The Morgan fingerprint density at radius 1 is 1.00 bits per heavy atom. The lowest BCUT2D eigenvalue weighted by atomic mass is 9.81. The molecule has 0 unspecified atom stereocenters. The Morgan fingerprint density at radius 2 is 1.72 bits per heavy atom. The number of nitrogens with zero attached hydrogens (tertiary/aromatic N) is 4. The van der Waals surface area contributed by atoms with Crippen molar-refractivity contribution in [3.05, 3.63) is 71.8 Å². The number of amides is 1. The van der Waals surface area contributed by atoms with Gasteiger partial charge in [-0.05, 0) is 50.3 Å². The first-order valence-electron chi connectivity index (χ1n) is 12.1. The second kappa shape index (κ2) is 10.9. The molecule has 1 aromatic carbocycles. The van der Waals surface area contributed by atoms with Crippen LogP contribution in [0.25, 0.3) is 0 Å². The fraction of sp³-hybridized carbons (Fsp3) is 0.519. The highest BCUT2D eigenvalue weighted by molar-refractivity contribution is 5.80. The minimum atomic E-state index is 0.125. The van der Waals surface area contributed by atoms with E-state index < -0.39 is 0 Å². The van der Waals surface area contributed by atoms with Crippen LogP contribution < -0.4 is 0 Å². The highest BCUT2D eigenvalue weighted by Crippen LogP contribution is 2.31. The molecule has 2 aromatic rings. The van der Waals surface area contributed by atoms with Crippen molar-refractivity contribution in [3.8, 4) is 0 Å². The second-order valence-corrected chi connectivity index (χ2v) is 9.55. The third-order valence-electron chi connectivity index (χ3n) is 6.87. The number of likely N-dealkylation sites (tertiary alicyclic amines) is 1. The maximum absolute atomic E-state index is 13.4. The van der Waals surface area contributed by atoms with Crippen LogP contribution in [-0.4, -0.2) is 51.9 Å². The van der Waals surface area contributed by atoms with Crippen LogP contribution in [0, 0.1) is 11.8 Å². The van der Waals surface area contributed by atoms with Crippen LogP contribution >= 0.6 is 0 Å². The predicted octanol–water partition coefficient (Wildman–Crippen LogP) is 4.46. The van der Waals surface area contributed by atoms with Crippen molar-refractivity contribution in [3.63, 3.8) is 0 Å². The molecule has 0 radical (unpaired) electrons. The van der Waals surface area contributed by atoms with E-state index in [1.54, 1.807) is 0 Å². The molecule has 0 N–H and O–H groups in total. The molecule has 1 fully saturated rings. The molecule has 1 atom stereocenters. The van der Waals surface area contributed by atoms with E-state index in [0.717, 1.165) is 64.2 Å². The number of carbonyl (C=O) groups is 1. The molecular weight excluding hydrogens is 396 g/mol. The first kappa shape index (κ1) is 22.7. The largest absolute Gasteiger partial charge is 0.338 e. The van der Waals surface area contributed by atoms with Crippen LogP contribution in [0.15, 0.2) is 54.9 Å². The molecule has 32 heavy (non-hydrogen) atoms. The van der Waals surface area contributed by atoms with Crippen molar-refractivity contribution in [2.45, 2.75) is 52.0 Å². The number of allylic oxidation sites excluding steroid dienone is 1. The zero-order chi connectivity index (χ0) is 22.3. The third-order valence-corrected chi connectivity index (χ3v) is 6.87. The van der Waals surface area contributed by atoms with Crippen molar-refractivity contribution in [1.29, 1.82) is 0 Å². The molecule has 0 saturated carbocycles. The van der Waals surface area contributed by atoms with Crippen molar-refractivity contribution >= 4 is 5.91 Å². The monoisotopic (exact) mass is 432 g/mol. The number of piperidine rings is 1.